The van der Waals surface area contributed by atoms with Gasteiger partial charge in [-0.1, -0.05) is 19.9 Å². The highest BCUT2D eigenvalue weighted by molar-refractivity contribution is 9.10. The lowest BCUT2D eigenvalue weighted by molar-refractivity contribution is 0.0687. The number of benzene rings is 2. The highest BCUT2D eigenvalue weighted by Crippen LogP contribution is 2.27. The Morgan fingerprint density at radius 1 is 1.12 bits per heavy atom. The van der Waals surface area contributed by atoms with E-state index in [1.54, 1.807) is 18.2 Å². The zero-order chi connectivity index (χ0) is 17.7. The molecule has 0 unspecified atom stereocenters. The van der Waals surface area contributed by atoms with E-state index in [4.69, 9.17) is 14.6 Å². The molecule has 2 rings (SSSR count). The summed E-state index contributed by atoms with van der Waals surface area (Å²) in [6, 6.07) is 10.7. The molecule has 1 N–H and O–H groups in total. The van der Waals surface area contributed by atoms with Gasteiger partial charge >= 0.3 is 11.9 Å². The Morgan fingerprint density at radius 2 is 1.88 bits per heavy atom. The molecule has 5 nitrogen and oxygen atoms in total. The third kappa shape index (κ3) is 4.83. The van der Waals surface area contributed by atoms with Gasteiger partial charge in [-0.15, -0.1) is 0 Å². The van der Waals surface area contributed by atoms with Crippen molar-refractivity contribution in [1.29, 1.82) is 0 Å². The summed E-state index contributed by atoms with van der Waals surface area (Å²) in [6.07, 6.45) is 0. The molecule has 0 aliphatic carbocycles. The van der Waals surface area contributed by atoms with Crippen molar-refractivity contribution in [3.8, 4) is 11.5 Å². The minimum atomic E-state index is -1.08. The monoisotopic (exact) mass is 392 g/mol. The minimum absolute atomic E-state index is 0.0545. The second kappa shape index (κ2) is 7.97. The van der Waals surface area contributed by atoms with E-state index in [-0.39, 0.29) is 11.3 Å². The molecule has 0 heterocycles. The molecule has 0 radical (unpaired) electrons. The van der Waals surface area contributed by atoms with E-state index in [0.717, 1.165) is 0 Å². The van der Waals surface area contributed by atoms with E-state index >= 15 is 0 Å². The van der Waals surface area contributed by atoms with Crippen LogP contribution in [0.2, 0.25) is 0 Å². The fourth-order valence-corrected chi connectivity index (χ4v) is 2.35. The van der Waals surface area contributed by atoms with Gasteiger partial charge < -0.3 is 14.6 Å². The molecular weight excluding hydrogens is 376 g/mol. The average Bonchev–Trinajstić information content (AvgIpc) is 2.53. The first kappa shape index (κ1) is 18.0. The van der Waals surface area contributed by atoms with Gasteiger partial charge in [0.05, 0.1) is 22.2 Å². The van der Waals surface area contributed by atoms with Crippen LogP contribution in [-0.2, 0) is 0 Å². The van der Waals surface area contributed by atoms with Crippen molar-refractivity contribution in [2.24, 2.45) is 5.92 Å². The van der Waals surface area contributed by atoms with E-state index in [1.165, 1.54) is 24.3 Å². The highest BCUT2D eigenvalue weighted by atomic mass is 79.9. The van der Waals surface area contributed by atoms with Crippen LogP contribution in [0, 0.1) is 5.92 Å². The smallest absolute Gasteiger partial charge is 0.343 e. The van der Waals surface area contributed by atoms with E-state index < -0.39 is 11.9 Å². The second-order valence-electron chi connectivity index (χ2n) is 5.57. The van der Waals surface area contributed by atoms with Crippen molar-refractivity contribution in [3.63, 3.8) is 0 Å². The number of carboxylic acids is 1. The summed E-state index contributed by atoms with van der Waals surface area (Å²) in [5, 5.41) is 8.96. The first-order chi connectivity index (χ1) is 11.4. The number of aromatic carboxylic acids is 1. The molecule has 0 amide bonds. The Morgan fingerprint density at radius 3 is 2.50 bits per heavy atom. The second-order valence-corrected chi connectivity index (χ2v) is 6.43. The van der Waals surface area contributed by atoms with Crippen LogP contribution in [0.3, 0.4) is 0 Å². The summed E-state index contributed by atoms with van der Waals surface area (Å²) in [5.74, 6) is -0.441. The molecule has 0 spiro atoms. The van der Waals surface area contributed by atoms with Crippen LogP contribution in [0.15, 0.2) is 46.9 Å². The van der Waals surface area contributed by atoms with E-state index in [0.29, 0.717) is 28.3 Å². The van der Waals surface area contributed by atoms with Crippen LogP contribution >= 0.6 is 15.9 Å². The van der Waals surface area contributed by atoms with Crippen LogP contribution in [0.1, 0.15) is 34.6 Å². The molecule has 0 aromatic heterocycles. The quantitative estimate of drug-likeness (QED) is 0.582. The molecule has 0 bridgehead atoms. The Bertz CT molecular complexity index is 755. The number of carbonyl (C=O) groups is 2. The number of carbonyl (C=O) groups excluding carboxylic acids is 1. The molecule has 126 valence electrons. The normalized spacial score (nSPS) is 10.5. The van der Waals surface area contributed by atoms with Gasteiger partial charge in [0, 0.05) is 0 Å². The SMILES string of the molecule is CC(C)COc1ccc(C(=O)Oc2cccc(C(=O)O)c2)cc1Br. The average molecular weight is 393 g/mol. The number of rotatable bonds is 6. The van der Waals surface area contributed by atoms with Crippen molar-refractivity contribution in [2.45, 2.75) is 13.8 Å². The lowest BCUT2D eigenvalue weighted by atomic mass is 10.2. The molecule has 0 aliphatic rings. The van der Waals surface area contributed by atoms with Crippen LogP contribution < -0.4 is 9.47 Å². The molecule has 2 aromatic carbocycles. The predicted octanol–water partition coefficient (Wildman–Crippen LogP) is 4.40. The van der Waals surface area contributed by atoms with Gasteiger partial charge in [-0.3, -0.25) is 0 Å². The zero-order valence-electron chi connectivity index (χ0n) is 13.3. The molecule has 0 aliphatic heterocycles. The highest BCUT2D eigenvalue weighted by Gasteiger charge is 2.13. The lowest BCUT2D eigenvalue weighted by Crippen LogP contribution is -2.10. The molecule has 0 saturated heterocycles. The summed E-state index contributed by atoms with van der Waals surface area (Å²) in [4.78, 5) is 23.1. The number of hydrogen-bond acceptors (Lipinski definition) is 4. The van der Waals surface area contributed by atoms with E-state index in [2.05, 4.69) is 15.9 Å². The first-order valence-corrected chi connectivity index (χ1v) is 8.14. The van der Waals surface area contributed by atoms with Gasteiger partial charge in [0.15, 0.2) is 0 Å². The van der Waals surface area contributed by atoms with Gasteiger partial charge in [0.1, 0.15) is 11.5 Å². The third-order valence-electron chi connectivity index (χ3n) is 3.03. The van der Waals surface area contributed by atoms with Crippen molar-refractivity contribution < 1.29 is 24.2 Å². The van der Waals surface area contributed by atoms with Crippen LogP contribution in [-0.4, -0.2) is 23.7 Å². The maximum atomic E-state index is 12.2. The number of hydrogen-bond donors (Lipinski definition) is 1. The third-order valence-corrected chi connectivity index (χ3v) is 3.65. The molecular formula is C18H17BrO5. The molecule has 0 saturated carbocycles. The molecule has 6 heteroatoms. The number of ether oxygens (including phenoxy) is 2. The van der Waals surface area contributed by atoms with Crippen LogP contribution in [0.5, 0.6) is 11.5 Å². The molecule has 0 fully saturated rings. The van der Waals surface area contributed by atoms with Gasteiger partial charge in [-0.05, 0) is 58.2 Å². The topological polar surface area (TPSA) is 72.8 Å². The largest absolute Gasteiger partial charge is 0.492 e. The van der Waals surface area contributed by atoms with Crippen molar-refractivity contribution in [3.05, 3.63) is 58.1 Å². The van der Waals surface area contributed by atoms with E-state index in [9.17, 15) is 9.59 Å². The Balaban J connectivity index is 2.11. The standard InChI is InChI=1S/C18H17BrO5/c1-11(2)10-23-16-7-6-13(9-15(16)19)18(22)24-14-5-3-4-12(8-14)17(20)21/h3-9,11H,10H2,1-2H3,(H,20,21). The van der Waals surface area contributed by atoms with Crippen LogP contribution in [0.25, 0.3) is 0 Å². The van der Waals surface area contributed by atoms with Crippen molar-refractivity contribution in [1.82, 2.24) is 0 Å². The Labute approximate surface area is 148 Å². The Hall–Kier alpha value is -2.34. The van der Waals surface area contributed by atoms with Crippen LogP contribution in [0.4, 0.5) is 0 Å². The summed E-state index contributed by atoms with van der Waals surface area (Å²) in [7, 11) is 0. The van der Waals surface area contributed by atoms with E-state index in [1.807, 2.05) is 13.8 Å². The van der Waals surface area contributed by atoms with Gasteiger partial charge in [-0.2, -0.15) is 0 Å². The summed E-state index contributed by atoms with van der Waals surface area (Å²) < 4.78 is 11.5. The number of carboxylic acid groups (broad SMARTS) is 1. The maximum absolute atomic E-state index is 12.2. The number of esters is 1. The predicted molar refractivity (Wildman–Crippen MR) is 92.8 cm³/mol. The van der Waals surface area contributed by atoms with Crippen molar-refractivity contribution in [2.75, 3.05) is 6.61 Å². The summed E-state index contributed by atoms with van der Waals surface area (Å²) in [5.41, 5.74) is 0.387. The first-order valence-electron chi connectivity index (χ1n) is 7.34. The fraction of sp³-hybridized carbons (Fsp3) is 0.222. The maximum Gasteiger partial charge on any atom is 0.343 e. The van der Waals surface area contributed by atoms with Gasteiger partial charge in [0.2, 0.25) is 0 Å². The summed E-state index contributed by atoms with van der Waals surface area (Å²) >= 11 is 3.37. The van der Waals surface area contributed by atoms with Crippen molar-refractivity contribution >= 4 is 27.9 Å². The molecule has 2 aromatic rings. The fourth-order valence-electron chi connectivity index (χ4n) is 1.86. The minimum Gasteiger partial charge on any atom is -0.492 e. The zero-order valence-corrected chi connectivity index (χ0v) is 14.9. The van der Waals surface area contributed by atoms with Gasteiger partial charge in [0.25, 0.3) is 0 Å². The Kier molecular flexibility index (Phi) is 5.98. The molecule has 24 heavy (non-hydrogen) atoms. The lowest BCUT2D eigenvalue weighted by Gasteiger charge is -2.11. The summed E-state index contributed by atoms with van der Waals surface area (Å²) in [6.45, 7) is 4.67. The van der Waals surface area contributed by atoms with Gasteiger partial charge in [-0.25, -0.2) is 9.59 Å². The number of halogens is 1. The molecule has 0 atom stereocenters.